The number of rotatable bonds is 10. The molecule has 0 spiro atoms. The van der Waals surface area contributed by atoms with E-state index < -0.39 is 23.8 Å². The fourth-order valence-electron chi connectivity index (χ4n) is 2.92. The third-order valence-electron chi connectivity index (χ3n) is 4.62. The molecule has 0 radical (unpaired) electrons. The minimum atomic E-state index is -0.736. The second-order valence-electron chi connectivity index (χ2n) is 6.63. The van der Waals surface area contributed by atoms with Crippen molar-refractivity contribution in [2.24, 2.45) is 0 Å². The van der Waals surface area contributed by atoms with E-state index in [1.165, 1.54) is 26.4 Å². The summed E-state index contributed by atoms with van der Waals surface area (Å²) < 4.78 is 24.2. The number of amides is 2. The third kappa shape index (κ3) is 6.13. The van der Waals surface area contributed by atoms with Crippen molar-refractivity contribution in [3.05, 3.63) is 59.4 Å². The molecule has 2 aromatic rings. The number of methoxy groups -OCH3 is 2. The number of nitrogens with one attached hydrogen (secondary N) is 2. The maximum absolute atomic E-state index is 14.0. The molecule has 2 rings (SSSR count). The van der Waals surface area contributed by atoms with Crippen LogP contribution in [0.1, 0.15) is 35.3 Å². The number of hydrogen-bond donors (Lipinski definition) is 2. The third-order valence-corrected chi connectivity index (χ3v) is 5.26. The number of carbonyl (C=O) groups is 2. The van der Waals surface area contributed by atoms with Crippen molar-refractivity contribution >= 4 is 23.6 Å². The minimum Gasteiger partial charge on any atom is -0.496 e. The van der Waals surface area contributed by atoms with Crippen LogP contribution in [-0.4, -0.2) is 44.1 Å². The first-order chi connectivity index (χ1) is 14.4. The van der Waals surface area contributed by atoms with Crippen LogP contribution in [0.4, 0.5) is 4.39 Å². The fraction of sp³-hybridized carbons (Fsp3) is 0.364. The minimum absolute atomic E-state index is 0.138. The highest BCUT2D eigenvalue weighted by atomic mass is 32.2. The molecule has 2 unspecified atom stereocenters. The SMILES string of the molecule is COc1ccc(C(C)NC(=O)C(CCSC)NC(=O)c2ccccc2OC)cc1F. The summed E-state index contributed by atoms with van der Waals surface area (Å²) in [5.74, 6) is 0.0308. The zero-order valence-electron chi connectivity index (χ0n) is 17.5. The smallest absolute Gasteiger partial charge is 0.255 e. The molecule has 0 aromatic heterocycles. The maximum Gasteiger partial charge on any atom is 0.255 e. The lowest BCUT2D eigenvalue weighted by molar-refractivity contribution is -0.123. The topological polar surface area (TPSA) is 76.7 Å². The predicted molar refractivity (Wildman–Crippen MR) is 117 cm³/mol. The molecule has 2 N–H and O–H groups in total. The highest BCUT2D eigenvalue weighted by Crippen LogP contribution is 2.22. The fourth-order valence-corrected chi connectivity index (χ4v) is 3.39. The average Bonchev–Trinajstić information content (AvgIpc) is 2.76. The van der Waals surface area contributed by atoms with Gasteiger partial charge in [0.2, 0.25) is 5.91 Å². The highest BCUT2D eigenvalue weighted by molar-refractivity contribution is 7.98. The van der Waals surface area contributed by atoms with Gasteiger partial charge in [0.1, 0.15) is 11.8 Å². The molecule has 162 valence electrons. The first kappa shape index (κ1) is 23.5. The molecule has 8 heteroatoms. The number of benzene rings is 2. The van der Waals surface area contributed by atoms with Crippen LogP contribution in [0.3, 0.4) is 0 Å². The summed E-state index contributed by atoms with van der Waals surface area (Å²) in [4.78, 5) is 25.6. The molecule has 2 aromatic carbocycles. The van der Waals surface area contributed by atoms with Crippen LogP contribution in [0, 0.1) is 5.82 Å². The van der Waals surface area contributed by atoms with Crippen LogP contribution < -0.4 is 20.1 Å². The van der Waals surface area contributed by atoms with Gasteiger partial charge in [0.25, 0.3) is 5.91 Å². The van der Waals surface area contributed by atoms with E-state index in [9.17, 15) is 14.0 Å². The molecule has 0 bridgehead atoms. The lowest BCUT2D eigenvalue weighted by Gasteiger charge is -2.22. The zero-order valence-corrected chi connectivity index (χ0v) is 18.3. The molecule has 6 nitrogen and oxygen atoms in total. The Bertz CT molecular complexity index is 878. The van der Waals surface area contributed by atoms with Crippen LogP contribution in [0.2, 0.25) is 0 Å². The van der Waals surface area contributed by atoms with E-state index in [4.69, 9.17) is 9.47 Å². The molecule has 0 aliphatic carbocycles. The normalized spacial score (nSPS) is 12.6. The van der Waals surface area contributed by atoms with Crippen molar-refractivity contribution in [2.75, 3.05) is 26.2 Å². The van der Waals surface area contributed by atoms with Gasteiger partial charge < -0.3 is 20.1 Å². The van der Waals surface area contributed by atoms with Gasteiger partial charge in [-0.15, -0.1) is 0 Å². The van der Waals surface area contributed by atoms with Gasteiger partial charge in [0, 0.05) is 0 Å². The Labute approximate surface area is 180 Å². The molecule has 2 atom stereocenters. The number of hydrogen-bond acceptors (Lipinski definition) is 5. The van der Waals surface area contributed by atoms with Gasteiger partial charge in [0.15, 0.2) is 11.6 Å². The lowest BCUT2D eigenvalue weighted by atomic mass is 10.1. The quantitative estimate of drug-likeness (QED) is 0.598. The Morgan fingerprint density at radius 1 is 1.07 bits per heavy atom. The van der Waals surface area contributed by atoms with Gasteiger partial charge in [-0.1, -0.05) is 18.2 Å². The van der Waals surface area contributed by atoms with Gasteiger partial charge in [-0.2, -0.15) is 11.8 Å². The largest absolute Gasteiger partial charge is 0.496 e. The molecule has 0 saturated heterocycles. The molecule has 0 aliphatic heterocycles. The molecular formula is C22H27FN2O4S. The van der Waals surface area contributed by atoms with E-state index in [0.29, 0.717) is 29.1 Å². The zero-order chi connectivity index (χ0) is 22.1. The summed E-state index contributed by atoms with van der Waals surface area (Å²) in [7, 11) is 2.88. The molecule has 0 fully saturated rings. The molecular weight excluding hydrogens is 407 g/mol. The Morgan fingerprint density at radius 3 is 2.40 bits per heavy atom. The molecule has 30 heavy (non-hydrogen) atoms. The molecule has 0 saturated carbocycles. The monoisotopic (exact) mass is 434 g/mol. The van der Waals surface area contributed by atoms with E-state index in [-0.39, 0.29) is 11.7 Å². The standard InChI is InChI=1S/C22H27FN2O4S/c1-14(15-9-10-20(29-3)17(23)13-15)24-22(27)18(11-12-30-4)25-21(26)16-7-5-6-8-19(16)28-2/h5-10,13-14,18H,11-12H2,1-4H3,(H,24,27)(H,25,26). The summed E-state index contributed by atoms with van der Waals surface area (Å²) in [6, 6.07) is 10.2. The number of ether oxygens (including phenoxy) is 2. The van der Waals surface area contributed by atoms with Crippen molar-refractivity contribution in [3.63, 3.8) is 0 Å². The van der Waals surface area contributed by atoms with E-state index in [1.807, 2.05) is 6.26 Å². The first-order valence-electron chi connectivity index (χ1n) is 9.47. The number of thioether (sulfide) groups is 1. The Hall–Kier alpha value is -2.74. The van der Waals surface area contributed by atoms with Crippen molar-refractivity contribution in [1.82, 2.24) is 10.6 Å². The summed E-state index contributed by atoms with van der Waals surface area (Å²) in [6.45, 7) is 1.76. The van der Waals surface area contributed by atoms with Gasteiger partial charge >= 0.3 is 0 Å². The second kappa shape index (κ2) is 11.4. The van der Waals surface area contributed by atoms with Gasteiger partial charge in [-0.05, 0) is 55.2 Å². The van der Waals surface area contributed by atoms with Crippen LogP contribution in [0.5, 0.6) is 11.5 Å². The summed E-state index contributed by atoms with van der Waals surface area (Å²) in [5, 5.41) is 5.64. The Balaban J connectivity index is 2.12. The molecule has 0 heterocycles. The summed E-state index contributed by atoms with van der Waals surface area (Å²) in [6.07, 6.45) is 2.39. The summed E-state index contributed by atoms with van der Waals surface area (Å²) in [5.41, 5.74) is 0.952. The summed E-state index contributed by atoms with van der Waals surface area (Å²) >= 11 is 1.58. The van der Waals surface area contributed by atoms with Gasteiger partial charge in [-0.3, -0.25) is 9.59 Å². The van der Waals surface area contributed by atoms with E-state index >= 15 is 0 Å². The van der Waals surface area contributed by atoms with Gasteiger partial charge in [0.05, 0.1) is 25.8 Å². The Kier molecular flexibility index (Phi) is 8.98. The lowest BCUT2D eigenvalue weighted by Crippen LogP contribution is -2.47. The second-order valence-corrected chi connectivity index (χ2v) is 7.62. The molecule has 2 amide bonds. The van der Waals surface area contributed by atoms with Crippen molar-refractivity contribution in [2.45, 2.75) is 25.4 Å². The number of para-hydroxylation sites is 1. The van der Waals surface area contributed by atoms with E-state index in [0.717, 1.165) is 0 Å². The Morgan fingerprint density at radius 2 is 1.77 bits per heavy atom. The van der Waals surface area contributed by atoms with Crippen LogP contribution in [0.15, 0.2) is 42.5 Å². The van der Waals surface area contributed by atoms with Gasteiger partial charge in [-0.25, -0.2) is 4.39 Å². The number of carbonyl (C=O) groups excluding carboxylic acids is 2. The van der Waals surface area contributed by atoms with Crippen molar-refractivity contribution in [3.8, 4) is 11.5 Å². The highest BCUT2D eigenvalue weighted by Gasteiger charge is 2.24. The first-order valence-corrected chi connectivity index (χ1v) is 10.9. The van der Waals surface area contributed by atoms with E-state index in [2.05, 4.69) is 10.6 Å². The van der Waals surface area contributed by atoms with E-state index in [1.54, 1.807) is 49.0 Å². The maximum atomic E-state index is 14.0. The predicted octanol–water partition coefficient (Wildman–Crippen LogP) is 3.57. The van der Waals surface area contributed by atoms with Crippen molar-refractivity contribution < 1.29 is 23.5 Å². The van der Waals surface area contributed by atoms with Crippen LogP contribution in [0.25, 0.3) is 0 Å². The number of halogens is 1. The van der Waals surface area contributed by atoms with Crippen molar-refractivity contribution in [1.29, 1.82) is 0 Å². The van der Waals surface area contributed by atoms with Crippen LogP contribution >= 0.6 is 11.8 Å². The van der Waals surface area contributed by atoms with Crippen LogP contribution in [-0.2, 0) is 4.79 Å². The average molecular weight is 435 g/mol. The molecule has 0 aliphatic rings.